The van der Waals surface area contributed by atoms with Gasteiger partial charge in [0.2, 0.25) is 0 Å². The number of anilines is 1. The van der Waals surface area contributed by atoms with Gasteiger partial charge < -0.3 is 5.32 Å². The summed E-state index contributed by atoms with van der Waals surface area (Å²) < 4.78 is 28.1. The molecule has 0 bridgehead atoms. The van der Waals surface area contributed by atoms with E-state index in [1.807, 2.05) is 52.0 Å². The van der Waals surface area contributed by atoms with Crippen LogP contribution in [0, 0.1) is 20.8 Å². The van der Waals surface area contributed by atoms with Gasteiger partial charge in [0.05, 0.1) is 10.9 Å². The van der Waals surface area contributed by atoms with E-state index < -0.39 is 10.0 Å². The molecule has 0 aliphatic rings. The molecule has 0 aliphatic carbocycles. The zero-order valence-corrected chi connectivity index (χ0v) is 18.4. The molecule has 3 aromatic carbocycles. The lowest BCUT2D eigenvalue weighted by Crippen LogP contribution is -2.27. The molecule has 0 aromatic heterocycles. The third-order valence-electron chi connectivity index (χ3n) is 4.93. The Kier molecular flexibility index (Phi) is 6.27. The first-order valence-electron chi connectivity index (χ1n) is 9.73. The Labute approximate surface area is 178 Å². The van der Waals surface area contributed by atoms with Crippen molar-refractivity contribution in [2.75, 3.05) is 4.72 Å². The molecule has 0 spiro atoms. The number of hydrogen-bond acceptors (Lipinski definition) is 3. The molecular weight excluding hydrogens is 396 g/mol. The third kappa shape index (κ3) is 5.07. The summed E-state index contributed by atoms with van der Waals surface area (Å²) in [6.45, 7) is 7.81. The van der Waals surface area contributed by atoms with Gasteiger partial charge in [0.15, 0.2) is 0 Å². The molecule has 30 heavy (non-hydrogen) atoms. The van der Waals surface area contributed by atoms with Crippen molar-refractivity contribution in [1.82, 2.24) is 5.32 Å². The second-order valence-electron chi connectivity index (χ2n) is 7.56. The minimum atomic E-state index is -3.81. The summed E-state index contributed by atoms with van der Waals surface area (Å²) in [5, 5.41) is 2.96. The summed E-state index contributed by atoms with van der Waals surface area (Å²) >= 11 is 0. The highest BCUT2D eigenvalue weighted by Gasteiger charge is 2.18. The van der Waals surface area contributed by atoms with Crippen LogP contribution in [0.5, 0.6) is 0 Å². The van der Waals surface area contributed by atoms with Gasteiger partial charge in [-0.3, -0.25) is 9.52 Å². The van der Waals surface area contributed by atoms with E-state index in [0.29, 0.717) is 11.3 Å². The average molecular weight is 423 g/mol. The smallest absolute Gasteiger partial charge is 0.261 e. The number of hydrogen-bond donors (Lipinski definition) is 2. The predicted molar refractivity (Wildman–Crippen MR) is 120 cm³/mol. The molecule has 6 heteroatoms. The standard InChI is InChI=1S/C24H26N2O3S/c1-16-7-5-9-21(13-16)26-30(28,29)22-10-6-8-20(15-22)24(27)25-19(4)23-14-17(2)11-12-18(23)3/h5-15,19,26H,1-4H3,(H,25,27)/t19-/m0/s1. The minimum Gasteiger partial charge on any atom is -0.346 e. The highest BCUT2D eigenvalue weighted by Crippen LogP contribution is 2.21. The molecule has 156 valence electrons. The van der Waals surface area contributed by atoms with Crippen molar-refractivity contribution >= 4 is 21.6 Å². The molecule has 3 rings (SSSR count). The Morgan fingerprint density at radius 3 is 2.30 bits per heavy atom. The van der Waals surface area contributed by atoms with E-state index in [1.54, 1.807) is 30.3 Å². The number of carbonyl (C=O) groups is 1. The highest BCUT2D eigenvalue weighted by atomic mass is 32.2. The fourth-order valence-electron chi connectivity index (χ4n) is 3.31. The van der Waals surface area contributed by atoms with Gasteiger partial charge in [-0.25, -0.2) is 8.42 Å². The maximum Gasteiger partial charge on any atom is 0.261 e. The molecule has 0 heterocycles. The van der Waals surface area contributed by atoms with Crippen LogP contribution >= 0.6 is 0 Å². The molecule has 3 aromatic rings. The molecule has 5 nitrogen and oxygen atoms in total. The van der Waals surface area contributed by atoms with Crippen LogP contribution < -0.4 is 10.0 Å². The Morgan fingerprint density at radius 2 is 1.57 bits per heavy atom. The third-order valence-corrected chi connectivity index (χ3v) is 6.30. The van der Waals surface area contributed by atoms with E-state index in [0.717, 1.165) is 22.3 Å². The summed E-state index contributed by atoms with van der Waals surface area (Å²) in [5.74, 6) is -0.323. The number of aryl methyl sites for hydroxylation is 3. The molecule has 1 amide bonds. The first-order valence-corrected chi connectivity index (χ1v) is 11.2. The number of rotatable bonds is 6. The molecule has 0 fully saturated rings. The van der Waals surface area contributed by atoms with Gasteiger partial charge in [-0.15, -0.1) is 0 Å². The number of sulfonamides is 1. The van der Waals surface area contributed by atoms with Gasteiger partial charge in [-0.1, -0.05) is 42.0 Å². The first kappa shape index (κ1) is 21.6. The maximum atomic E-state index is 12.8. The van der Waals surface area contributed by atoms with Crippen molar-refractivity contribution in [3.8, 4) is 0 Å². The van der Waals surface area contributed by atoms with E-state index in [4.69, 9.17) is 0 Å². The van der Waals surface area contributed by atoms with Crippen LogP contribution in [0.1, 0.15) is 45.6 Å². The van der Waals surface area contributed by atoms with Gasteiger partial charge in [0, 0.05) is 11.3 Å². The molecule has 0 unspecified atom stereocenters. The number of benzene rings is 3. The van der Waals surface area contributed by atoms with Crippen molar-refractivity contribution in [2.24, 2.45) is 0 Å². The lowest BCUT2D eigenvalue weighted by molar-refractivity contribution is 0.0939. The number of nitrogens with one attached hydrogen (secondary N) is 2. The number of carbonyl (C=O) groups excluding carboxylic acids is 1. The van der Waals surface area contributed by atoms with Crippen LogP contribution in [-0.2, 0) is 10.0 Å². The average Bonchev–Trinajstić information content (AvgIpc) is 2.69. The van der Waals surface area contributed by atoms with E-state index in [9.17, 15) is 13.2 Å². The van der Waals surface area contributed by atoms with Crippen LogP contribution in [0.3, 0.4) is 0 Å². The summed E-state index contributed by atoms with van der Waals surface area (Å²) in [7, 11) is -3.81. The van der Waals surface area contributed by atoms with Crippen molar-refractivity contribution in [3.05, 3.63) is 94.5 Å². The molecule has 1 atom stereocenters. The van der Waals surface area contributed by atoms with E-state index >= 15 is 0 Å². The summed E-state index contributed by atoms with van der Waals surface area (Å²) in [5.41, 5.74) is 4.96. The van der Waals surface area contributed by atoms with Gasteiger partial charge in [-0.2, -0.15) is 0 Å². The lowest BCUT2D eigenvalue weighted by Gasteiger charge is -2.18. The SMILES string of the molecule is Cc1cccc(NS(=O)(=O)c2cccc(C(=O)N[C@@H](C)c3cc(C)ccc3C)c2)c1. The highest BCUT2D eigenvalue weighted by molar-refractivity contribution is 7.92. The Balaban J connectivity index is 1.80. The fraction of sp³-hybridized carbons (Fsp3) is 0.208. The maximum absolute atomic E-state index is 12.8. The van der Waals surface area contributed by atoms with Crippen LogP contribution in [0.4, 0.5) is 5.69 Å². The largest absolute Gasteiger partial charge is 0.346 e. The zero-order chi connectivity index (χ0) is 21.9. The van der Waals surface area contributed by atoms with Gasteiger partial charge >= 0.3 is 0 Å². The van der Waals surface area contributed by atoms with Gasteiger partial charge in [0.1, 0.15) is 0 Å². The van der Waals surface area contributed by atoms with Crippen LogP contribution in [0.2, 0.25) is 0 Å². The molecule has 0 radical (unpaired) electrons. The van der Waals surface area contributed by atoms with E-state index in [-0.39, 0.29) is 16.8 Å². The summed E-state index contributed by atoms with van der Waals surface area (Å²) in [6.07, 6.45) is 0. The Hall–Kier alpha value is -3.12. The second kappa shape index (κ2) is 8.71. The Morgan fingerprint density at radius 1 is 0.867 bits per heavy atom. The summed E-state index contributed by atoms with van der Waals surface area (Å²) in [6, 6.07) is 19.1. The zero-order valence-electron chi connectivity index (χ0n) is 17.6. The lowest BCUT2D eigenvalue weighted by atomic mass is 10.00. The molecule has 0 saturated carbocycles. The summed E-state index contributed by atoms with van der Waals surface area (Å²) in [4.78, 5) is 12.8. The normalized spacial score (nSPS) is 12.3. The van der Waals surface area contributed by atoms with Crippen LogP contribution in [0.25, 0.3) is 0 Å². The Bertz CT molecular complexity index is 1190. The first-order chi connectivity index (χ1) is 14.2. The molecular formula is C24H26N2O3S. The van der Waals surface area contributed by atoms with Crippen molar-refractivity contribution in [2.45, 2.75) is 38.6 Å². The van der Waals surface area contributed by atoms with E-state index in [2.05, 4.69) is 10.0 Å². The molecule has 0 saturated heterocycles. The van der Waals surface area contributed by atoms with Crippen LogP contribution in [0.15, 0.2) is 71.6 Å². The second-order valence-corrected chi connectivity index (χ2v) is 9.24. The van der Waals surface area contributed by atoms with Crippen molar-refractivity contribution in [1.29, 1.82) is 0 Å². The fourth-order valence-corrected chi connectivity index (χ4v) is 4.41. The molecule has 0 aliphatic heterocycles. The van der Waals surface area contributed by atoms with Gasteiger partial charge in [0.25, 0.3) is 15.9 Å². The minimum absolute atomic E-state index is 0.0380. The number of amides is 1. The van der Waals surface area contributed by atoms with Crippen LogP contribution in [-0.4, -0.2) is 14.3 Å². The monoisotopic (exact) mass is 422 g/mol. The van der Waals surface area contributed by atoms with Crippen molar-refractivity contribution < 1.29 is 13.2 Å². The predicted octanol–water partition coefficient (Wildman–Crippen LogP) is 4.90. The quantitative estimate of drug-likeness (QED) is 0.593. The van der Waals surface area contributed by atoms with Gasteiger partial charge in [-0.05, 0) is 74.7 Å². The topological polar surface area (TPSA) is 75.3 Å². The van der Waals surface area contributed by atoms with E-state index in [1.165, 1.54) is 12.1 Å². The van der Waals surface area contributed by atoms with Crippen molar-refractivity contribution in [3.63, 3.8) is 0 Å². The molecule has 2 N–H and O–H groups in total.